The van der Waals surface area contributed by atoms with Gasteiger partial charge in [0.15, 0.2) is 12.4 Å². The Balaban J connectivity index is 1.92. The van der Waals surface area contributed by atoms with Crippen LogP contribution in [0.15, 0.2) is 22.7 Å². The summed E-state index contributed by atoms with van der Waals surface area (Å²) >= 11 is 3.38. The van der Waals surface area contributed by atoms with E-state index in [4.69, 9.17) is 10.5 Å². The van der Waals surface area contributed by atoms with E-state index in [2.05, 4.69) is 15.9 Å². The molecule has 0 spiro atoms. The topological polar surface area (TPSA) is 55.6 Å². The molecule has 0 aliphatic carbocycles. The number of nitrogens with two attached hydrogens (primary N) is 1. The molecule has 1 aliphatic heterocycles. The summed E-state index contributed by atoms with van der Waals surface area (Å²) in [5.41, 5.74) is 6.37. The van der Waals surface area contributed by atoms with Gasteiger partial charge in [-0.05, 0) is 40.9 Å². The van der Waals surface area contributed by atoms with Crippen molar-refractivity contribution in [2.24, 2.45) is 0 Å². The van der Waals surface area contributed by atoms with Gasteiger partial charge in [0.2, 0.25) is 0 Å². The SMILES string of the molecule is Nc1cccc(Br)c1OCC(=O)N1CCCCCC1. The number of halogens is 1. The lowest BCUT2D eigenvalue weighted by Gasteiger charge is -2.20. The maximum absolute atomic E-state index is 12.1. The lowest BCUT2D eigenvalue weighted by Crippen LogP contribution is -2.35. The third-order valence-corrected chi connectivity index (χ3v) is 3.92. The molecule has 2 N–H and O–H groups in total. The highest BCUT2D eigenvalue weighted by atomic mass is 79.9. The average molecular weight is 327 g/mol. The summed E-state index contributed by atoms with van der Waals surface area (Å²) in [5, 5.41) is 0. The number of nitrogen functional groups attached to an aromatic ring is 1. The Hall–Kier alpha value is -1.23. The minimum absolute atomic E-state index is 0.0389. The summed E-state index contributed by atoms with van der Waals surface area (Å²) in [6, 6.07) is 5.45. The monoisotopic (exact) mass is 326 g/mol. The number of hydrogen-bond acceptors (Lipinski definition) is 3. The maximum Gasteiger partial charge on any atom is 0.260 e. The molecule has 0 aromatic heterocycles. The summed E-state index contributed by atoms with van der Waals surface area (Å²) in [5.74, 6) is 0.586. The van der Waals surface area contributed by atoms with Crippen molar-refractivity contribution in [2.45, 2.75) is 25.7 Å². The number of amides is 1. The van der Waals surface area contributed by atoms with Crippen LogP contribution >= 0.6 is 15.9 Å². The fourth-order valence-corrected chi connectivity index (χ4v) is 2.72. The maximum atomic E-state index is 12.1. The highest BCUT2D eigenvalue weighted by Crippen LogP contribution is 2.30. The number of ether oxygens (including phenoxy) is 1. The number of hydrogen-bond donors (Lipinski definition) is 1. The molecule has 4 nitrogen and oxygen atoms in total. The van der Waals surface area contributed by atoms with Gasteiger partial charge in [0.25, 0.3) is 5.91 Å². The van der Waals surface area contributed by atoms with Gasteiger partial charge in [0.05, 0.1) is 10.2 Å². The first-order valence-corrected chi connectivity index (χ1v) is 7.42. The number of para-hydroxylation sites is 1. The zero-order valence-electron chi connectivity index (χ0n) is 10.9. The summed E-state index contributed by atoms with van der Waals surface area (Å²) in [4.78, 5) is 14.0. The lowest BCUT2D eigenvalue weighted by atomic mass is 10.2. The minimum atomic E-state index is 0.0389. The third kappa shape index (κ3) is 3.86. The summed E-state index contributed by atoms with van der Waals surface area (Å²) in [6.45, 7) is 1.73. The smallest absolute Gasteiger partial charge is 0.260 e. The number of carbonyl (C=O) groups is 1. The number of likely N-dealkylation sites (tertiary alicyclic amines) is 1. The predicted octanol–water partition coefficient (Wildman–Crippen LogP) is 2.81. The molecule has 19 heavy (non-hydrogen) atoms. The van der Waals surface area contributed by atoms with E-state index in [1.165, 1.54) is 12.8 Å². The van der Waals surface area contributed by atoms with E-state index in [0.717, 1.165) is 30.4 Å². The fraction of sp³-hybridized carbons (Fsp3) is 0.500. The number of carbonyl (C=O) groups excluding carboxylic acids is 1. The van der Waals surface area contributed by atoms with Gasteiger partial charge in [0.1, 0.15) is 0 Å². The van der Waals surface area contributed by atoms with Crippen molar-refractivity contribution in [1.82, 2.24) is 4.90 Å². The molecule has 1 heterocycles. The van der Waals surface area contributed by atoms with Crippen LogP contribution < -0.4 is 10.5 Å². The van der Waals surface area contributed by atoms with Crippen LogP contribution in [0.4, 0.5) is 5.69 Å². The quantitative estimate of drug-likeness (QED) is 0.869. The highest BCUT2D eigenvalue weighted by molar-refractivity contribution is 9.10. The van der Waals surface area contributed by atoms with Gasteiger partial charge in [-0.1, -0.05) is 18.9 Å². The second kappa shape index (κ2) is 6.80. The van der Waals surface area contributed by atoms with E-state index >= 15 is 0 Å². The number of benzene rings is 1. The standard InChI is InChI=1S/C14H19BrN2O2/c15-11-6-5-7-12(16)14(11)19-10-13(18)17-8-3-1-2-4-9-17/h5-7H,1-4,8-10,16H2. The molecule has 1 fully saturated rings. The van der Waals surface area contributed by atoms with Crippen LogP contribution in [0.3, 0.4) is 0 Å². The van der Waals surface area contributed by atoms with Crippen molar-refractivity contribution in [3.8, 4) is 5.75 Å². The van der Waals surface area contributed by atoms with Gasteiger partial charge in [-0.3, -0.25) is 4.79 Å². The molecule has 104 valence electrons. The number of nitrogens with zero attached hydrogens (tertiary/aromatic N) is 1. The van der Waals surface area contributed by atoms with Gasteiger partial charge in [0, 0.05) is 13.1 Å². The van der Waals surface area contributed by atoms with Crippen LogP contribution in [0.2, 0.25) is 0 Å². The summed E-state index contributed by atoms with van der Waals surface area (Å²) in [7, 11) is 0. The molecule has 2 rings (SSSR count). The van der Waals surface area contributed by atoms with E-state index in [1.54, 1.807) is 6.07 Å². The van der Waals surface area contributed by atoms with Gasteiger partial charge < -0.3 is 15.4 Å². The number of rotatable bonds is 3. The van der Waals surface area contributed by atoms with Gasteiger partial charge in [-0.25, -0.2) is 0 Å². The van der Waals surface area contributed by atoms with Crippen molar-refractivity contribution < 1.29 is 9.53 Å². The van der Waals surface area contributed by atoms with Crippen LogP contribution in [0.5, 0.6) is 5.75 Å². The molecule has 0 saturated carbocycles. The van der Waals surface area contributed by atoms with Gasteiger partial charge in [-0.2, -0.15) is 0 Å². The van der Waals surface area contributed by atoms with E-state index in [-0.39, 0.29) is 12.5 Å². The minimum Gasteiger partial charge on any atom is -0.480 e. The molecule has 1 saturated heterocycles. The Morgan fingerprint density at radius 2 is 1.95 bits per heavy atom. The molecule has 5 heteroatoms. The molecule has 0 radical (unpaired) electrons. The van der Waals surface area contributed by atoms with Crippen molar-refractivity contribution in [1.29, 1.82) is 0 Å². The predicted molar refractivity (Wildman–Crippen MR) is 79.1 cm³/mol. The van der Waals surface area contributed by atoms with Crippen LogP contribution in [0.1, 0.15) is 25.7 Å². The molecule has 0 atom stereocenters. The third-order valence-electron chi connectivity index (χ3n) is 3.30. The Morgan fingerprint density at radius 1 is 1.26 bits per heavy atom. The second-order valence-electron chi connectivity index (χ2n) is 4.74. The first-order chi connectivity index (χ1) is 9.18. The average Bonchev–Trinajstić information content (AvgIpc) is 2.66. The fourth-order valence-electron chi connectivity index (χ4n) is 2.22. The second-order valence-corrected chi connectivity index (χ2v) is 5.60. The van der Waals surface area contributed by atoms with Crippen molar-refractivity contribution in [3.05, 3.63) is 22.7 Å². The van der Waals surface area contributed by atoms with Crippen molar-refractivity contribution >= 4 is 27.5 Å². The van der Waals surface area contributed by atoms with Crippen LogP contribution in [0.25, 0.3) is 0 Å². The van der Waals surface area contributed by atoms with E-state index in [0.29, 0.717) is 11.4 Å². The van der Waals surface area contributed by atoms with Gasteiger partial charge in [-0.15, -0.1) is 0 Å². The molecule has 0 bridgehead atoms. The zero-order chi connectivity index (χ0) is 13.7. The molecule has 1 aromatic rings. The van der Waals surface area contributed by atoms with Crippen molar-refractivity contribution in [3.63, 3.8) is 0 Å². The van der Waals surface area contributed by atoms with Crippen molar-refractivity contribution in [2.75, 3.05) is 25.4 Å². The largest absolute Gasteiger partial charge is 0.480 e. The summed E-state index contributed by atoms with van der Waals surface area (Å²) < 4.78 is 6.33. The first kappa shape index (κ1) is 14.2. The Labute approximate surface area is 122 Å². The van der Waals surface area contributed by atoms with E-state index < -0.39 is 0 Å². The molecule has 0 unspecified atom stereocenters. The summed E-state index contributed by atoms with van der Waals surface area (Å²) in [6.07, 6.45) is 4.59. The molecule has 1 aliphatic rings. The zero-order valence-corrected chi connectivity index (χ0v) is 12.5. The number of anilines is 1. The normalized spacial score (nSPS) is 15.9. The molecular weight excluding hydrogens is 308 g/mol. The van der Waals surface area contributed by atoms with Crippen LogP contribution in [-0.4, -0.2) is 30.5 Å². The molecule has 1 aromatic carbocycles. The first-order valence-electron chi connectivity index (χ1n) is 6.63. The molecule has 1 amide bonds. The van der Waals surface area contributed by atoms with Crippen LogP contribution in [0, 0.1) is 0 Å². The van der Waals surface area contributed by atoms with Gasteiger partial charge >= 0.3 is 0 Å². The lowest BCUT2D eigenvalue weighted by molar-refractivity contribution is -0.133. The van der Waals surface area contributed by atoms with Crippen LogP contribution in [-0.2, 0) is 4.79 Å². The highest BCUT2D eigenvalue weighted by Gasteiger charge is 2.16. The Kier molecular flexibility index (Phi) is 5.07. The van der Waals surface area contributed by atoms with E-state index in [1.807, 2.05) is 17.0 Å². The Morgan fingerprint density at radius 3 is 2.58 bits per heavy atom. The molecular formula is C14H19BrN2O2. The van der Waals surface area contributed by atoms with E-state index in [9.17, 15) is 4.79 Å². The Bertz CT molecular complexity index is 423.